The Labute approximate surface area is 198 Å². The van der Waals surface area contributed by atoms with Crippen LogP contribution in [0.1, 0.15) is 40.0 Å². The molecule has 0 saturated heterocycles. The number of fused-ring (bicyclic) bond motifs is 1. The monoisotopic (exact) mass is 453 g/mol. The molecule has 1 aliphatic heterocycles. The topological polar surface area (TPSA) is 88.4 Å². The van der Waals surface area contributed by atoms with Crippen LogP contribution in [0.4, 0.5) is 5.82 Å². The van der Waals surface area contributed by atoms with Gasteiger partial charge in [0, 0.05) is 29.5 Å². The van der Waals surface area contributed by atoms with Gasteiger partial charge in [-0.15, -0.1) is 0 Å². The first-order chi connectivity index (χ1) is 16.4. The molecule has 1 aliphatic rings. The summed E-state index contributed by atoms with van der Waals surface area (Å²) in [4.78, 5) is 30.7. The quantitative estimate of drug-likeness (QED) is 0.539. The van der Waals surface area contributed by atoms with E-state index in [1.165, 1.54) is 0 Å². The molecule has 0 radical (unpaired) electrons. The third kappa shape index (κ3) is 4.45. The molecule has 0 spiro atoms. The highest BCUT2D eigenvalue weighted by Gasteiger charge is 2.42. The number of rotatable bonds is 6. The van der Waals surface area contributed by atoms with Crippen molar-refractivity contribution < 1.29 is 9.59 Å². The Morgan fingerprint density at radius 1 is 1.18 bits per heavy atom. The number of amides is 2. The van der Waals surface area contributed by atoms with Crippen molar-refractivity contribution in [3.05, 3.63) is 101 Å². The molecule has 2 amide bonds. The summed E-state index contributed by atoms with van der Waals surface area (Å²) in [6.45, 7) is 9.87. The van der Waals surface area contributed by atoms with Crippen molar-refractivity contribution in [3.8, 4) is 5.69 Å². The molecule has 4 rings (SSSR count). The van der Waals surface area contributed by atoms with Crippen molar-refractivity contribution in [1.29, 1.82) is 0 Å². The molecule has 2 atom stereocenters. The van der Waals surface area contributed by atoms with E-state index in [1.807, 2.05) is 63.2 Å². The SMILES string of the molecule is C=C(/C=N\C=C/C)[C@H]1c2c(C)nn(-c3ccccc3)c2NC(=O)[C@H]1NC(=O)c1cccc(C)c1. The smallest absolute Gasteiger partial charge is 0.251 e. The Morgan fingerprint density at radius 2 is 1.94 bits per heavy atom. The zero-order valence-electron chi connectivity index (χ0n) is 19.4. The second-order valence-electron chi connectivity index (χ2n) is 8.22. The third-order valence-electron chi connectivity index (χ3n) is 5.72. The summed E-state index contributed by atoms with van der Waals surface area (Å²) in [5, 5.41) is 10.6. The molecule has 0 fully saturated rings. The van der Waals surface area contributed by atoms with E-state index in [0.717, 1.165) is 22.5 Å². The van der Waals surface area contributed by atoms with E-state index in [4.69, 9.17) is 5.10 Å². The van der Waals surface area contributed by atoms with Gasteiger partial charge in [-0.05, 0) is 50.6 Å². The van der Waals surface area contributed by atoms with Crippen LogP contribution in [0.5, 0.6) is 0 Å². The van der Waals surface area contributed by atoms with Gasteiger partial charge in [0.05, 0.1) is 11.4 Å². The molecule has 0 unspecified atom stereocenters. The van der Waals surface area contributed by atoms with Gasteiger partial charge < -0.3 is 10.6 Å². The highest BCUT2D eigenvalue weighted by molar-refractivity contribution is 6.05. The molecular weight excluding hydrogens is 426 g/mol. The molecule has 2 N–H and O–H groups in total. The first-order valence-corrected chi connectivity index (χ1v) is 11.1. The Bertz CT molecular complexity index is 1300. The molecule has 2 aromatic carbocycles. The molecule has 2 heterocycles. The van der Waals surface area contributed by atoms with Crippen molar-refractivity contribution in [2.45, 2.75) is 32.7 Å². The zero-order chi connectivity index (χ0) is 24.2. The number of nitrogens with one attached hydrogen (secondary N) is 2. The number of carbonyl (C=O) groups excluding carboxylic acids is 2. The summed E-state index contributed by atoms with van der Waals surface area (Å²) in [6.07, 6.45) is 5.08. The second kappa shape index (κ2) is 9.70. The molecule has 0 saturated carbocycles. The van der Waals surface area contributed by atoms with Crippen LogP contribution < -0.4 is 10.6 Å². The number of hydrogen-bond donors (Lipinski definition) is 2. The standard InChI is InChI=1S/C27H27N5O2/c1-5-14-28-16-18(3)22-23-19(4)31-32(21-12-7-6-8-13-21)25(23)30-27(34)24(22)29-26(33)20-11-9-10-17(2)15-20/h5-16,22,24H,3H2,1-2,4H3,(H,29,33)(H,30,34)/b14-5-,28-16-/t22-,24-/m0/s1. The van der Waals surface area contributed by atoms with Gasteiger partial charge in [0.25, 0.3) is 5.91 Å². The van der Waals surface area contributed by atoms with Crippen molar-refractivity contribution >= 4 is 23.8 Å². The number of benzene rings is 2. The van der Waals surface area contributed by atoms with Gasteiger partial charge in [-0.1, -0.05) is 48.6 Å². The predicted molar refractivity (Wildman–Crippen MR) is 135 cm³/mol. The maximum Gasteiger partial charge on any atom is 0.251 e. The van der Waals surface area contributed by atoms with Crippen molar-refractivity contribution in [2.75, 3.05) is 5.32 Å². The van der Waals surface area contributed by atoms with Crippen LogP contribution >= 0.6 is 0 Å². The van der Waals surface area contributed by atoms with E-state index < -0.39 is 12.0 Å². The summed E-state index contributed by atoms with van der Waals surface area (Å²) in [5.41, 5.74) is 4.40. The molecular formula is C27H27N5O2. The Morgan fingerprint density at radius 3 is 2.65 bits per heavy atom. The largest absolute Gasteiger partial charge is 0.339 e. The van der Waals surface area contributed by atoms with Gasteiger partial charge in [-0.3, -0.25) is 14.6 Å². The lowest BCUT2D eigenvalue weighted by Crippen LogP contribution is -2.51. The average molecular weight is 454 g/mol. The van der Waals surface area contributed by atoms with Gasteiger partial charge in [0.2, 0.25) is 5.91 Å². The van der Waals surface area contributed by atoms with Crippen LogP contribution in [0, 0.1) is 13.8 Å². The molecule has 34 heavy (non-hydrogen) atoms. The number of aryl methyl sites for hydroxylation is 2. The number of para-hydroxylation sites is 1. The number of aliphatic imine (C=N–C) groups is 1. The minimum absolute atomic E-state index is 0.330. The van der Waals surface area contributed by atoms with Crippen molar-refractivity contribution in [2.24, 2.45) is 4.99 Å². The third-order valence-corrected chi connectivity index (χ3v) is 5.72. The molecule has 0 aliphatic carbocycles. The van der Waals surface area contributed by atoms with Gasteiger partial charge in [-0.25, -0.2) is 4.68 Å². The summed E-state index contributed by atoms with van der Waals surface area (Å²) in [5.74, 6) is -0.635. The number of hydrogen-bond acceptors (Lipinski definition) is 4. The Hall–Kier alpha value is -4.26. The van der Waals surface area contributed by atoms with Gasteiger partial charge in [0.1, 0.15) is 11.9 Å². The van der Waals surface area contributed by atoms with Crippen LogP contribution in [0.15, 0.2) is 84.0 Å². The van der Waals surface area contributed by atoms with E-state index in [-0.39, 0.29) is 11.8 Å². The minimum atomic E-state index is -0.878. The molecule has 172 valence electrons. The van der Waals surface area contributed by atoms with E-state index in [2.05, 4.69) is 22.2 Å². The number of nitrogens with zero attached hydrogens (tertiary/aromatic N) is 3. The minimum Gasteiger partial charge on any atom is -0.339 e. The summed E-state index contributed by atoms with van der Waals surface area (Å²) < 4.78 is 1.71. The highest BCUT2D eigenvalue weighted by atomic mass is 16.2. The number of carbonyl (C=O) groups is 2. The Kier molecular flexibility index (Phi) is 6.54. The Balaban J connectivity index is 1.78. The first kappa shape index (κ1) is 22.9. The van der Waals surface area contributed by atoms with Crippen LogP contribution in [0.25, 0.3) is 5.69 Å². The lowest BCUT2D eigenvalue weighted by molar-refractivity contribution is -0.118. The lowest BCUT2D eigenvalue weighted by atomic mass is 9.82. The van der Waals surface area contributed by atoms with Crippen LogP contribution in [-0.4, -0.2) is 33.9 Å². The number of anilines is 1. The van der Waals surface area contributed by atoms with Crippen molar-refractivity contribution in [3.63, 3.8) is 0 Å². The van der Waals surface area contributed by atoms with Gasteiger partial charge in [0.15, 0.2) is 0 Å². The lowest BCUT2D eigenvalue weighted by Gasteiger charge is -2.32. The number of allylic oxidation sites excluding steroid dienone is 1. The molecule has 1 aromatic heterocycles. The maximum atomic E-state index is 13.4. The average Bonchev–Trinajstić information content (AvgIpc) is 3.15. The fraction of sp³-hybridized carbons (Fsp3) is 0.185. The van der Waals surface area contributed by atoms with Gasteiger partial charge >= 0.3 is 0 Å². The fourth-order valence-electron chi connectivity index (χ4n) is 4.16. The molecule has 0 bridgehead atoms. The first-order valence-electron chi connectivity index (χ1n) is 11.1. The normalized spacial score (nSPS) is 17.6. The van der Waals surface area contributed by atoms with Crippen LogP contribution in [0.3, 0.4) is 0 Å². The van der Waals surface area contributed by atoms with E-state index in [0.29, 0.717) is 17.0 Å². The fourth-order valence-corrected chi connectivity index (χ4v) is 4.16. The molecule has 3 aromatic rings. The number of aromatic nitrogens is 2. The highest BCUT2D eigenvalue weighted by Crippen LogP contribution is 2.39. The van der Waals surface area contributed by atoms with E-state index in [9.17, 15) is 9.59 Å². The maximum absolute atomic E-state index is 13.4. The van der Waals surface area contributed by atoms with Crippen molar-refractivity contribution in [1.82, 2.24) is 15.1 Å². The molecule has 7 heteroatoms. The van der Waals surface area contributed by atoms with E-state index >= 15 is 0 Å². The van der Waals surface area contributed by atoms with E-state index in [1.54, 1.807) is 35.3 Å². The van der Waals surface area contributed by atoms with Crippen LogP contribution in [-0.2, 0) is 4.79 Å². The summed E-state index contributed by atoms with van der Waals surface area (Å²) >= 11 is 0. The van der Waals surface area contributed by atoms with Gasteiger partial charge in [-0.2, -0.15) is 5.10 Å². The van der Waals surface area contributed by atoms with Crippen LogP contribution in [0.2, 0.25) is 0 Å². The molecule has 7 nitrogen and oxygen atoms in total. The predicted octanol–water partition coefficient (Wildman–Crippen LogP) is 4.48. The zero-order valence-corrected chi connectivity index (χ0v) is 19.4. The summed E-state index contributed by atoms with van der Waals surface area (Å²) in [7, 11) is 0. The second-order valence-corrected chi connectivity index (χ2v) is 8.22. The summed E-state index contributed by atoms with van der Waals surface area (Å²) in [6, 6.07) is 16.0.